The van der Waals surface area contributed by atoms with Crippen LogP contribution in [0.5, 0.6) is 0 Å². The Labute approximate surface area is 134 Å². The summed E-state index contributed by atoms with van der Waals surface area (Å²) in [5.74, 6) is 5.71. The molecular weight excluding hydrogens is 268 g/mol. The Kier molecular flexibility index (Phi) is 7.25. The van der Waals surface area contributed by atoms with Gasteiger partial charge in [0.2, 0.25) is 0 Å². The standard InChI is InChI=1S/C11H15N.C9H9N/c1-2-6-11(7-3-1)10-12-8-4-5-9-12;10-8-4-7-9-5-2-1-3-6-9/h1-3,6-7H,4-5,8-10H2;1-3,5-6H,8,10H2. The summed E-state index contributed by atoms with van der Waals surface area (Å²) in [6, 6.07) is 20.5. The molecule has 0 radical (unpaired) electrons. The monoisotopic (exact) mass is 292 g/mol. The van der Waals surface area contributed by atoms with Gasteiger partial charge in [-0.1, -0.05) is 60.4 Å². The maximum atomic E-state index is 5.20. The van der Waals surface area contributed by atoms with Gasteiger partial charge < -0.3 is 5.73 Å². The highest BCUT2D eigenvalue weighted by molar-refractivity contribution is 5.33. The summed E-state index contributed by atoms with van der Waals surface area (Å²) < 4.78 is 0. The van der Waals surface area contributed by atoms with Crippen LogP contribution in [-0.4, -0.2) is 24.5 Å². The molecule has 3 rings (SSSR count). The highest BCUT2D eigenvalue weighted by Crippen LogP contribution is 2.11. The molecule has 22 heavy (non-hydrogen) atoms. The molecule has 0 amide bonds. The average molecular weight is 292 g/mol. The SMILES string of the molecule is NCC#Cc1ccccc1.c1ccc(CN2CCCC2)cc1. The van der Waals surface area contributed by atoms with E-state index in [1.807, 2.05) is 30.3 Å². The minimum Gasteiger partial charge on any atom is -0.320 e. The molecule has 2 N–H and O–H groups in total. The predicted octanol–water partition coefficient (Wildman–Crippen LogP) is 3.28. The van der Waals surface area contributed by atoms with Gasteiger partial charge in [0.15, 0.2) is 0 Å². The zero-order chi connectivity index (χ0) is 15.5. The van der Waals surface area contributed by atoms with Crippen LogP contribution in [0.4, 0.5) is 0 Å². The smallest absolute Gasteiger partial charge is 0.0555 e. The first kappa shape index (κ1) is 16.3. The Balaban J connectivity index is 0.000000164. The predicted molar refractivity (Wildman–Crippen MR) is 93.3 cm³/mol. The van der Waals surface area contributed by atoms with Gasteiger partial charge in [-0.25, -0.2) is 0 Å². The highest BCUT2D eigenvalue weighted by Gasteiger charge is 2.10. The first-order chi connectivity index (χ1) is 10.9. The summed E-state index contributed by atoms with van der Waals surface area (Å²) in [6.07, 6.45) is 2.76. The largest absolute Gasteiger partial charge is 0.320 e. The molecule has 2 heteroatoms. The fourth-order valence-corrected chi connectivity index (χ4v) is 2.46. The maximum Gasteiger partial charge on any atom is 0.0555 e. The molecule has 2 aromatic rings. The lowest BCUT2D eigenvalue weighted by molar-refractivity contribution is 0.331. The molecule has 0 aliphatic carbocycles. The fourth-order valence-electron chi connectivity index (χ4n) is 2.46. The molecule has 114 valence electrons. The van der Waals surface area contributed by atoms with Gasteiger partial charge in [0, 0.05) is 12.1 Å². The van der Waals surface area contributed by atoms with Crippen molar-refractivity contribution in [2.45, 2.75) is 19.4 Å². The van der Waals surface area contributed by atoms with Crippen LogP contribution in [0.2, 0.25) is 0 Å². The number of likely N-dealkylation sites (tertiary alicyclic amines) is 1. The molecule has 0 unspecified atom stereocenters. The second-order valence-electron chi connectivity index (χ2n) is 5.34. The molecule has 1 fully saturated rings. The van der Waals surface area contributed by atoms with Crippen molar-refractivity contribution in [2.24, 2.45) is 5.73 Å². The number of benzene rings is 2. The van der Waals surface area contributed by atoms with Gasteiger partial charge in [0.1, 0.15) is 0 Å². The molecule has 2 nitrogen and oxygen atoms in total. The van der Waals surface area contributed by atoms with Crippen molar-refractivity contribution in [2.75, 3.05) is 19.6 Å². The van der Waals surface area contributed by atoms with E-state index in [9.17, 15) is 0 Å². The molecule has 2 aromatic carbocycles. The molecule has 0 saturated carbocycles. The van der Waals surface area contributed by atoms with Crippen LogP contribution >= 0.6 is 0 Å². The second kappa shape index (κ2) is 9.78. The topological polar surface area (TPSA) is 29.3 Å². The number of nitrogens with two attached hydrogens (primary N) is 1. The van der Waals surface area contributed by atoms with Gasteiger partial charge in [0.05, 0.1) is 6.54 Å². The first-order valence-electron chi connectivity index (χ1n) is 7.89. The third-order valence-electron chi connectivity index (χ3n) is 3.56. The van der Waals surface area contributed by atoms with Gasteiger partial charge >= 0.3 is 0 Å². The van der Waals surface area contributed by atoms with E-state index in [4.69, 9.17) is 5.73 Å². The van der Waals surface area contributed by atoms with Crippen LogP contribution in [0, 0.1) is 11.8 Å². The van der Waals surface area contributed by atoms with Crippen LogP contribution in [0.1, 0.15) is 24.0 Å². The molecule has 1 aliphatic heterocycles. The van der Waals surface area contributed by atoms with Crippen molar-refractivity contribution in [3.63, 3.8) is 0 Å². The molecule has 0 atom stereocenters. The van der Waals surface area contributed by atoms with E-state index in [0.29, 0.717) is 6.54 Å². The minimum absolute atomic E-state index is 0.425. The lowest BCUT2D eigenvalue weighted by atomic mass is 10.2. The highest BCUT2D eigenvalue weighted by atomic mass is 15.1. The van der Waals surface area contributed by atoms with E-state index in [2.05, 4.69) is 47.1 Å². The van der Waals surface area contributed by atoms with Gasteiger partial charge in [0.25, 0.3) is 0 Å². The van der Waals surface area contributed by atoms with Crippen molar-refractivity contribution in [3.05, 3.63) is 71.8 Å². The Morgan fingerprint density at radius 2 is 1.45 bits per heavy atom. The molecule has 1 heterocycles. The van der Waals surface area contributed by atoms with Crippen LogP contribution < -0.4 is 5.73 Å². The lowest BCUT2D eigenvalue weighted by Crippen LogP contribution is -2.18. The van der Waals surface area contributed by atoms with Crippen molar-refractivity contribution in [1.82, 2.24) is 4.90 Å². The van der Waals surface area contributed by atoms with E-state index in [1.54, 1.807) is 0 Å². The summed E-state index contributed by atoms with van der Waals surface area (Å²) in [5.41, 5.74) is 7.67. The lowest BCUT2D eigenvalue weighted by Gasteiger charge is -2.13. The zero-order valence-electron chi connectivity index (χ0n) is 13.0. The van der Waals surface area contributed by atoms with Gasteiger partial charge in [-0.05, 0) is 43.6 Å². The molecule has 1 saturated heterocycles. The first-order valence-corrected chi connectivity index (χ1v) is 7.89. The summed E-state index contributed by atoms with van der Waals surface area (Å²) >= 11 is 0. The minimum atomic E-state index is 0.425. The molecule has 0 bridgehead atoms. The Hall–Kier alpha value is -2.08. The van der Waals surface area contributed by atoms with Crippen molar-refractivity contribution in [3.8, 4) is 11.8 Å². The quantitative estimate of drug-likeness (QED) is 0.861. The van der Waals surface area contributed by atoms with Crippen LogP contribution in [0.15, 0.2) is 60.7 Å². The summed E-state index contributed by atoms with van der Waals surface area (Å²) in [4.78, 5) is 2.52. The summed E-state index contributed by atoms with van der Waals surface area (Å²) in [6.45, 7) is 4.14. The van der Waals surface area contributed by atoms with Crippen LogP contribution in [-0.2, 0) is 6.54 Å². The summed E-state index contributed by atoms with van der Waals surface area (Å²) in [5, 5.41) is 0. The number of rotatable bonds is 2. The molecule has 0 spiro atoms. The number of hydrogen-bond donors (Lipinski definition) is 1. The Morgan fingerprint density at radius 1 is 0.864 bits per heavy atom. The Morgan fingerprint density at radius 3 is 2.05 bits per heavy atom. The van der Waals surface area contributed by atoms with E-state index < -0.39 is 0 Å². The van der Waals surface area contributed by atoms with E-state index in [1.165, 1.54) is 31.5 Å². The van der Waals surface area contributed by atoms with E-state index in [-0.39, 0.29) is 0 Å². The number of nitrogens with zero attached hydrogens (tertiary/aromatic N) is 1. The van der Waals surface area contributed by atoms with Crippen molar-refractivity contribution in [1.29, 1.82) is 0 Å². The van der Waals surface area contributed by atoms with E-state index >= 15 is 0 Å². The third-order valence-corrected chi connectivity index (χ3v) is 3.56. The average Bonchev–Trinajstić information content (AvgIpc) is 3.08. The molecule has 1 aliphatic rings. The molecule has 0 aromatic heterocycles. The number of hydrogen-bond acceptors (Lipinski definition) is 2. The van der Waals surface area contributed by atoms with Crippen LogP contribution in [0.25, 0.3) is 0 Å². The van der Waals surface area contributed by atoms with Crippen molar-refractivity contribution < 1.29 is 0 Å². The zero-order valence-corrected chi connectivity index (χ0v) is 13.0. The maximum absolute atomic E-state index is 5.20. The summed E-state index contributed by atoms with van der Waals surface area (Å²) in [7, 11) is 0. The van der Waals surface area contributed by atoms with E-state index in [0.717, 1.165) is 12.1 Å². The van der Waals surface area contributed by atoms with Crippen LogP contribution in [0.3, 0.4) is 0 Å². The fraction of sp³-hybridized carbons (Fsp3) is 0.300. The van der Waals surface area contributed by atoms with Gasteiger partial charge in [-0.15, -0.1) is 0 Å². The van der Waals surface area contributed by atoms with Gasteiger partial charge in [-0.3, -0.25) is 4.90 Å². The second-order valence-corrected chi connectivity index (χ2v) is 5.34. The normalized spacial score (nSPS) is 13.7. The van der Waals surface area contributed by atoms with Crippen molar-refractivity contribution >= 4 is 0 Å². The Bertz CT molecular complexity index is 575. The molecular formula is C20H24N2. The van der Waals surface area contributed by atoms with Gasteiger partial charge in [-0.2, -0.15) is 0 Å². The third kappa shape index (κ3) is 6.13.